The summed E-state index contributed by atoms with van der Waals surface area (Å²) in [5, 5.41) is 0.570. The summed E-state index contributed by atoms with van der Waals surface area (Å²) >= 11 is 5.72. The van der Waals surface area contributed by atoms with Crippen molar-refractivity contribution in [2.24, 2.45) is 0 Å². The van der Waals surface area contributed by atoms with Crippen LogP contribution < -0.4 is 0 Å². The quantitative estimate of drug-likeness (QED) is 0.485. The molecule has 0 aromatic heterocycles. The normalized spacial score (nSPS) is 10.2. The smallest absolute Gasteiger partial charge is 0.338 e. The SMILES string of the molecule is O=C(OCCCCCCC=C(F)F)c1ccc(Cl)cc1. The molecule has 1 aromatic rings. The van der Waals surface area contributed by atoms with Crippen LogP contribution >= 0.6 is 11.6 Å². The largest absolute Gasteiger partial charge is 0.462 e. The van der Waals surface area contributed by atoms with E-state index in [0.29, 0.717) is 23.6 Å². The molecule has 5 heteroatoms. The zero-order valence-electron chi connectivity index (χ0n) is 11.1. The number of unbranched alkanes of at least 4 members (excludes halogenated alkanes) is 4. The summed E-state index contributed by atoms with van der Waals surface area (Å²) in [6, 6.07) is 6.50. The van der Waals surface area contributed by atoms with Gasteiger partial charge in [0, 0.05) is 5.02 Å². The lowest BCUT2D eigenvalue weighted by Gasteiger charge is -2.04. The molecule has 0 aliphatic carbocycles. The molecule has 0 N–H and O–H groups in total. The van der Waals surface area contributed by atoms with E-state index in [0.717, 1.165) is 31.8 Å². The number of rotatable bonds is 8. The lowest BCUT2D eigenvalue weighted by Crippen LogP contribution is -2.06. The average Bonchev–Trinajstić information content (AvgIpc) is 2.42. The van der Waals surface area contributed by atoms with Crippen LogP contribution in [0.5, 0.6) is 0 Å². The van der Waals surface area contributed by atoms with Gasteiger partial charge in [0.1, 0.15) is 0 Å². The fourth-order valence-electron chi connectivity index (χ4n) is 1.65. The highest BCUT2D eigenvalue weighted by atomic mass is 35.5. The highest BCUT2D eigenvalue weighted by Crippen LogP contribution is 2.11. The van der Waals surface area contributed by atoms with Gasteiger partial charge in [0.2, 0.25) is 0 Å². The molecule has 1 rings (SSSR count). The third kappa shape index (κ3) is 7.24. The van der Waals surface area contributed by atoms with Crippen LogP contribution in [0.4, 0.5) is 8.78 Å². The number of halogens is 3. The molecule has 2 nitrogen and oxygen atoms in total. The second-order valence-corrected chi connectivity index (χ2v) is 4.78. The minimum absolute atomic E-state index is 0.342. The first-order valence-electron chi connectivity index (χ1n) is 6.53. The minimum Gasteiger partial charge on any atom is -0.462 e. The van der Waals surface area contributed by atoms with Gasteiger partial charge in [-0.25, -0.2) is 4.79 Å². The predicted molar refractivity (Wildman–Crippen MR) is 75.1 cm³/mol. The number of carbonyl (C=O) groups is 1. The summed E-state index contributed by atoms with van der Waals surface area (Å²) in [7, 11) is 0. The molecule has 110 valence electrons. The number of allylic oxidation sites excluding steroid dienone is 1. The van der Waals surface area contributed by atoms with E-state index < -0.39 is 6.08 Å². The van der Waals surface area contributed by atoms with Crippen molar-refractivity contribution in [3.05, 3.63) is 47.0 Å². The van der Waals surface area contributed by atoms with Crippen LogP contribution in [0.15, 0.2) is 36.4 Å². The van der Waals surface area contributed by atoms with Gasteiger partial charge in [0.15, 0.2) is 0 Å². The number of benzene rings is 1. The van der Waals surface area contributed by atoms with Gasteiger partial charge in [-0.3, -0.25) is 0 Å². The van der Waals surface area contributed by atoms with Gasteiger partial charge >= 0.3 is 5.97 Å². The molecule has 0 aliphatic rings. The average molecular weight is 303 g/mol. The minimum atomic E-state index is -1.62. The summed E-state index contributed by atoms with van der Waals surface area (Å²) in [5.74, 6) is -0.371. The molecule has 0 heterocycles. The van der Waals surface area contributed by atoms with Crippen molar-refractivity contribution in [1.29, 1.82) is 0 Å². The number of ether oxygens (including phenoxy) is 1. The Bertz CT molecular complexity index is 440. The van der Waals surface area contributed by atoms with Crippen molar-refractivity contribution in [2.45, 2.75) is 32.1 Å². The number of esters is 1. The Balaban J connectivity index is 2.08. The predicted octanol–water partition coefficient (Wildman–Crippen LogP) is 5.23. The first-order chi connectivity index (χ1) is 9.59. The van der Waals surface area contributed by atoms with Crippen molar-refractivity contribution < 1.29 is 18.3 Å². The van der Waals surface area contributed by atoms with Crippen LogP contribution in [-0.2, 0) is 4.74 Å². The van der Waals surface area contributed by atoms with Gasteiger partial charge in [-0.15, -0.1) is 0 Å². The molecule has 20 heavy (non-hydrogen) atoms. The Hall–Kier alpha value is -1.42. The third-order valence-corrected chi connectivity index (χ3v) is 2.96. The van der Waals surface area contributed by atoms with Gasteiger partial charge < -0.3 is 4.74 Å². The first-order valence-corrected chi connectivity index (χ1v) is 6.91. The van der Waals surface area contributed by atoms with Gasteiger partial charge in [0.05, 0.1) is 12.2 Å². The monoisotopic (exact) mass is 302 g/mol. The maximum Gasteiger partial charge on any atom is 0.338 e. The van der Waals surface area contributed by atoms with E-state index in [1.165, 1.54) is 0 Å². The fourth-order valence-corrected chi connectivity index (χ4v) is 1.77. The standard InChI is InChI=1S/C15H17ClF2O2/c16-13-9-7-12(8-10-13)15(19)20-11-5-3-1-2-4-6-14(17)18/h6-10H,1-5,11H2. The van der Waals surface area contributed by atoms with Crippen LogP contribution in [0.3, 0.4) is 0 Å². The van der Waals surface area contributed by atoms with Crippen molar-refractivity contribution in [2.75, 3.05) is 6.61 Å². The Labute approximate surface area is 122 Å². The molecule has 0 aliphatic heterocycles. The summed E-state index contributed by atoms with van der Waals surface area (Å²) < 4.78 is 28.6. The number of hydrogen-bond donors (Lipinski definition) is 0. The van der Waals surface area contributed by atoms with E-state index in [4.69, 9.17) is 16.3 Å². The lowest BCUT2D eigenvalue weighted by atomic mass is 10.1. The van der Waals surface area contributed by atoms with E-state index >= 15 is 0 Å². The fraction of sp³-hybridized carbons (Fsp3) is 0.400. The Morgan fingerprint density at radius 2 is 1.75 bits per heavy atom. The van der Waals surface area contributed by atoms with E-state index in [-0.39, 0.29) is 5.97 Å². The summed E-state index contributed by atoms with van der Waals surface area (Å²) in [6.45, 7) is 0.342. The number of carbonyl (C=O) groups excluding carboxylic acids is 1. The van der Waals surface area contributed by atoms with Crippen LogP contribution in [0.1, 0.15) is 42.5 Å². The molecular formula is C15H17ClF2O2. The summed E-state index contributed by atoms with van der Waals surface area (Å²) in [4.78, 5) is 11.6. The molecule has 0 saturated carbocycles. The lowest BCUT2D eigenvalue weighted by molar-refractivity contribution is 0.0497. The second kappa shape index (κ2) is 9.48. The van der Waals surface area contributed by atoms with Crippen molar-refractivity contribution >= 4 is 17.6 Å². The maximum absolute atomic E-state index is 11.7. The van der Waals surface area contributed by atoms with E-state index in [2.05, 4.69) is 0 Å². The van der Waals surface area contributed by atoms with Gasteiger partial charge in [-0.05, 0) is 49.6 Å². The van der Waals surface area contributed by atoms with Crippen molar-refractivity contribution in [3.8, 4) is 0 Å². The molecule has 0 bridgehead atoms. The van der Waals surface area contributed by atoms with Crippen LogP contribution in [-0.4, -0.2) is 12.6 Å². The zero-order chi connectivity index (χ0) is 14.8. The van der Waals surface area contributed by atoms with E-state index in [9.17, 15) is 13.6 Å². The van der Waals surface area contributed by atoms with Gasteiger partial charge in [-0.1, -0.05) is 24.4 Å². The van der Waals surface area contributed by atoms with Crippen LogP contribution in [0, 0.1) is 0 Å². The summed E-state index contributed by atoms with van der Waals surface area (Å²) in [5.41, 5.74) is 0.470. The molecule has 0 unspecified atom stereocenters. The molecule has 0 atom stereocenters. The van der Waals surface area contributed by atoms with Crippen LogP contribution in [0.2, 0.25) is 5.02 Å². The maximum atomic E-state index is 11.7. The Kier molecular flexibility index (Phi) is 7.88. The van der Waals surface area contributed by atoms with E-state index in [1.54, 1.807) is 24.3 Å². The highest BCUT2D eigenvalue weighted by Gasteiger charge is 2.05. The topological polar surface area (TPSA) is 26.3 Å². The van der Waals surface area contributed by atoms with E-state index in [1.807, 2.05) is 0 Å². The van der Waals surface area contributed by atoms with Gasteiger partial charge in [0.25, 0.3) is 6.08 Å². The van der Waals surface area contributed by atoms with Crippen molar-refractivity contribution in [1.82, 2.24) is 0 Å². The second-order valence-electron chi connectivity index (χ2n) is 4.34. The zero-order valence-corrected chi connectivity index (χ0v) is 11.8. The third-order valence-electron chi connectivity index (χ3n) is 2.71. The first kappa shape index (κ1) is 16.6. The highest BCUT2D eigenvalue weighted by molar-refractivity contribution is 6.30. The van der Waals surface area contributed by atoms with Crippen LogP contribution in [0.25, 0.3) is 0 Å². The molecule has 0 radical (unpaired) electrons. The molecular weight excluding hydrogens is 286 g/mol. The molecule has 0 amide bonds. The number of hydrogen-bond acceptors (Lipinski definition) is 2. The Morgan fingerprint density at radius 1 is 1.10 bits per heavy atom. The van der Waals surface area contributed by atoms with Gasteiger partial charge in [-0.2, -0.15) is 8.78 Å². The molecule has 0 spiro atoms. The molecule has 0 saturated heterocycles. The molecule has 1 aromatic carbocycles. The molecule has 0 fully saturated rings. The Morgan fingerprint density at radius 3 is 2.40 bits per heavy atom. The van der Waals surface area contributed by atoms with Crippen molar-refractivity contribution in [3.63, 3.8) is 0 Å². The summed E-state index contributed by atoms with van der Waals surface area (Å²) in [6.07, 6.45) is 2.87.